The summed E-state index contributed by atoms with van der Waals surface area (Å²) in [5, 5.41) is 10.4. The van der Waals surface area contributed by atoms with E-state index in [1.165, 1.54) is 11.1 Å². The minimum absolute atomic E-state index is 0.372. The molecule has 20 heavy (non-hydrogen) atoms. The summed E-state index contributed by atoms with van der Waals surface area (Å²) in [7, 11) is 0. The Balaban J connectivity index is 1.77. The van der Waals surface area contributed by atoms with Crippen molar-refractivity contribution >= 4 is 0 Å². The third-order valence-electron chi connectivity index (χ3n) is 4.05. The van der Waals surface area contributed by atoms with E-state index < -0.39 is 6.10 Å². The molecule has 2 unspecified atom stereocenters. The second-order valence-electron chi connectivity index (χ2n) is 5.53. The zero-order valence-electron chi connectivity index (χ0n) is 11.8. The van der Waals surface area contributed by atoms with Crippen LogP contribution in [0, 0.1) is 6.92 Å². The molecule has 0 bridgehead atoms. The molecule has 0 saturated carbocycles. The maximum atomic E-state index is 10.4. The van der Waals surface area contributed by atoms with Crippen LogP contribution in [0.1, 0.15) is 41.6 Å². The SMILES string of the molecule is Cc1ccc(C(O)CC2CCOc3ccccc32)cc1. The Hall–Kier alpha value is -1.80. The van der Waals surface area contributed by atoms with Crippen molar-refractivity contribution in [2.75, 3.05) is 6.61 Å². The Bertz CT molecular complexity index is 574. The van der Waals surface area contributed by atoms with Gasteiger partial charge < -0.3 is 9.84 Å². The van der Waals surface area contributed by atoms with E-state index in [-0.39, 0.29) is 0 Å². The van der Waals surface area contributed by atoms with Crippen LogP contribution >= 0.6 is 0 Å². The van der Waals surface area contributed by atoms with Crippen LogP contribution < -0.4 is 4.74 Å². The van der Waals surface area contributed by atoms with Crippen LogP contribution in [-0.4, -0.2) is 11.7 Å². The van der Waals surface area contributed by atoms with Crippen LogP contribution in [0.3, 0.4) is 0 Å². The summed E-state index contributed by atoms with van der Waals surface area (Å²) in [5.41, 5.74) is 3.45. The smallest absolute Gasteiger partial charge is 0.122 e. The lowest BCUT2D eigenvalue weighted by atomic mass is 9.86. The average molecular weight is 268 g/mol. The molecular formula is C18H20O2. The lowest BCUT2D eigenvalue weighted by Crippen LogP contribution is -2.16. The maximum Gasteiger partial charge on any atom is 0.122 e. The van der Waals surface area contributed by atoms with E-state index in [1.807, 2.05) is 30.3 Å². The number of hydrogen-bond acceptors (Lipinski definition) is 2. The molecule has 0 radical (unpaired) electrons. The second-order valence-corrected chi connectivity index (χ2v) is 5.53. The molecule has 1 heterocycles. The molecule has 3 rings (SSSR count). The van der Waals surface area contributed by atoms with Crippen LogP contribution in [0.5, 0.6) is 5.75 Å². The highest BCUT2D eigenvalue weighted by Gasteiger charge is 2.24. The minimum atomic E-state index is -0.410. The first-order valence-corrected chi connectivity index (χ1v) is 7.20. The third-order valence-corrected chi connectivity index (χ3v) is 4.05. The molecule has 0 fully saturated rings. The topological polar surface area (TPSA) is 29.5 Å². The predicted molar refractivity (Wildman–Crippen MR) is 80.1 cm³/mol. The van der Waals surface area contributed by atoms with Gasteiger partial charge in [0.05, 0.1) is 12.7 Å². The molecule has 2 heteroatoms. The van der Waals surface area contributed by atoms with E-state index in [2.05, 4.69) is 25.1 Å². The monoisotopic (exact) mass is 268 g/mol. The lowest BCUT2D eigenvalue weighted by Gasteiger charge is -2.27. The number of para-hydroxylation sites is 1. The maximum absolute atomic E-state index is 10.4. The molecule has 0 aliphatic carbocycles. The fourth-order valence-electron chi connectivity index (χ4n) is 2.85. The molecule has 104 valence electrons. The van der Waals surface area contributed by atoms with Crippen molar-refractivity contribution in [3.63, 3.8) is 0 Å². The molecule has 2 aromatic carbocycles. The molecule has 0 aromatic heterocycles. The van der Waals surface area contributed by atoms with E-state index in [0.717, 1.165) is 30.8 Å². The fraction of sp³-hybridized carbons (Fsp3) is 0.333. The fourth-order valence-corrected chi connectivity index (χ4v) is 2.85. The van der Waals surface area contributed by atoms with E-state index in [4.69, 9.17) is 4.74 Å². The van der Waals surface area contributed by atoms with Gasteiger partial charge in [-0.1, -0.05) is 48.0 Å². The predicted octanol–water partition coefficient (Wildman–Crippen LogP) is 3.98. The second kappa shape index (κ2) is 5.68. The Kier molecular flexibility index (Phi) is 3.75. The number of rotatable bonds is 3. The molecule has 2 aromatic rings. The van der Waals surface area contributed by atoms with E-state index >= 15 is 0 Å². The standard InChI is InChI=1S/C18H20O2/c1-13-6-8-14(9-7-13)17(19)12-15-10-11-20-18-5-3-2-4-16(15)18/h2-9,15,17,19H,10-12H2,1H3. The van der Waals surface area contributed by atoms with Gasteiger partial charge in [0, 0.05) is 0 Å². The summed E-state index contributed by atoms with van der Waals surface area (Å²) in [6.45, 7) is 2.80. The number of aryl methyl sites for hydroxylation is 1. The van der Waals surface area contributed by atoms with Gasteiger partial charge in [0.1, 0.15) is 5.75 Å². The summed E-state index contributed by atoms with van der Waals surface area (Å²) in [5.74, 6) is 1.34. The summed E-state index contributed by atoms with van der Waals surface area (Å²) in [6.07, 6.45) is 1.32. The lowest BCUT2D eigenvalue weighted by molar-refractivity contribution is 0.145. The van der Waals surface area contributed by atoms with Gasteiger partial charge in [-0.3, -0.25) is 0 Å². The Morgan fingerprint density at radius 3 is 2.70 bits per heavy atom. The first-order chi connectivity index (χ1) is 9.74. The van der Waals surface area contributed by atoms with Crippen LogP contribution in [0.4, 0.5) is 0 Å². The van der Waals surface area contributed by atoms with E-state index in [0.29, 0.717) is 5.92 Å². The molecule has 1 aliphatic heterocycles. The molecule has 1 N–H and O–H groups in total. The summed E-state index contributed by atoms with van der Waals surface area (Å²) < 4.78 is 5.68. The zero-order chi connectivity index (χ0) is 13.9. The van der Waals surface area contributed by atoms with Crippen molar-refractivity contribution in [2.24, 2.45) is 0 Å². The number of aliphatic hydroxyl groups excluding tert-OH is 1. The van der Waals surface area contributed by atoms with E-state index in [9.17, 15) is 5.11 Å². The van der Waals surface area contributed by atoms with Gasteiger partial charge in [0.15, 0.2) is 0 Å². The van der Waals surface area contributed by atoms with Crippen molar-refractivity contribution in [1.82, 2.24) is 0 Å². The number of benzene rings is 2. The third kappa shape index (κ3) is 2.70. The van der Waals surface area contributed by atoms with Gasteiger partial charge in [-0.25, -0.2) is 0 Å². The zero-order valence-corrected chi connectivity index (χ0v) is 11.8. The molecule has 2 nitrogen and oxygen atoms in total. The van der Waals surface area contributed by atoms with Gasteiger partial charge in [-0.05, 0) is 42.9 Å². The highest BCUT2D eigenvalue weighted by Crippen LogP contribution is 2.38. The number of hydrogen-bond donors (Lipinski definition) is 1. The van der Waals surface area contributed by atoms with Crippen molar-refractivity contribution in [3.05, 3.63) is 65.2 Å². The van der Waals surface area contributed by atoms with Gasteiger partial charge >= 0.3 is 0 Å². The van der Waals surface area contributed by atoms with Crippen LogP contribution in [0.15, 0.2) is 48.5 Å². The molecule has 0 amide bonds. The van der Waals surface area contributed by atoms with Crippen LogP contribution in [-0.2, 0) is 0 Å². The van der Waals surface area contributed by atoms with Crippen molar-refractivity contribution in [1.29, 1.82) is 0 Å². The van der Waals surface area contributed by atoms with E-state index in [1.54, 1.807) is 0 Å². The largest absolute Gasteiger partial charge is 0.493 e. The van der Waals surface area contributed by atoms with Crippen LogP contribution in [0.2, 0.25) is 0 Å². The molecule has 0 saturated heterocycles. The number of aliphatic hydroxyl groups is 1. The summed E-state index contributed by atoms with van der Waals surface area (Å²) in [6, 6.07) is 16.3. The molecule has 1 aliphatic rings. The van der Waals surface area contributed by atoms with Crippen molar-refractivity contribution in [3.8, 4) is 5.75 Å². The van der Waals surface area contributed by atoms with Gasteiger partial charge in [0.2, 0.25) is 0 Å². The normalized spacial score (nSPS) is 19.0. The first-order valence-electron chi connectivity index (χ1n) is 7.20. The highest BCUT2D eigenvalue weighted by molar-refractivity contribution is 5.38. The number of ether oxygens (including phenoxy) is 1. The molecular weight excluding hydrogens is 248 g/mol. The van der Waals surface area contributed by atoms with Crippen LogP contribution in [0.25, 0.3) is 0 Å². The highest BCUT2D eigenvalue weighted by atomic mass is 16.5. The van der Waals surface area contributed by atoms with Gasteiger partial charge in [-0.15, -0.1) is 0 Å². The summed E-state index contributed by atoms with van der Waals surface area (Å²) in [4.78, 5) is 0. The summed E-state index contributed by atoms with van der Waals surface area (Å²) >= 11 is 0. The Morgan fingerprint density at radius 1 is 1.15 bits per heavy atom. The molecule has 2 atom stereocenters. The first kappa shape index (κ1) is 13.2. The van der Waals surface area contributed by atoms with Crippen molar-refractivity contribution in [2.45, 2.75) is 31.8 Å². The number of fused-ring (bicyclic) bond motifs is 1. The van der Waals surface area contributed by atoms with Gasteiger partial charge in [0.25, 0.3) is 0 Å². The quantitative estimate of drug-likeness (QED) is 0.912. The average Bonchev–Trinajstić information content (AvgIpc) is 2.48. The van der Waals surface area contributed by atoms with Crippen molar-refractivity contribution < 1.29 is 9.84 Å². The van der Waals surface area contributed by atoms with Gasteiger partial charge in [-0.2, -0.15) is 0 Å². The Labute approximate surface area is 120 Å². The minimum Gasteiger partial charge on any atom is -0.493 e. The Morgan fingerprint density at radius 2 is 1.90 bits per heavy atom. The molecule has 0 spiro atoms.